The van der Waals surface area contributed by atoms with Gasteiger partial charge in [0.1, 0.15) is 0 Å². The van der Waals surface area contributed by atoms with Crippen LogP contribution in [0.1, 0.15) is 56.9 Å². The lowest BCUT2D eigenvalue weighted by Crippen LogP contribution is -2.33. The summed E-state index contributed by atoms with van der Waals surface area (Å²) >= 11 is 0. The quantitative estimate of drug-likeness (QED) is 0.599. The van der Waals surface area contributed by atoms with Gasteiger partial charge in [0, 0.05) is 23.5 Å². The van der Waals surface area contributed by atoms with Crippen LogP contribution in [0.4, 0.5) is 21.0 Å². The zero-order valence-corrected chi connectivity index (χ0v) is 17.2. The van der Waals surface area contributed by atoms with Gasteiger partial charge in [0.2, 0.25) is 0 Å². The number of anilines is 2. The summed E-state index contributed by atoms with van der Waals surface area (Å²) in [7, 11) is 0. The first-order valence-electron chi connectivity index (χ1n) is 11.4. The van der Waals surface area contributed by atoms with Gasteiger partial charge < -0.3 is 21.3 Å². The van der Waals surface area contributed by atoms with Crippen molar-refractivity contribution in [2.45, 2.75) is 70.4 Å². The maximum Gasteiger partial charge on any atom is 0.319 e. The molecule has 6 heteroatoms. The van der Waals surface area contributed by atoms with Gasteiger partial charge in [0.25, 0.3) is 0 Å². The van der Waals surface area contributed by atoms with Gasteiger partial charge in [-0.3, -0.25) is 0 Å². The summed E-state index contributed by atoms with van der Waals surface area (Å²) in [4.78, 5) is 24.9. The van der Waals surface area contributed by atoms with Crippen LogP contribution in [0, 0.1) is 30.6 Å². The molecule has 0 aromatic heterocycles. The molecule has 4 amide bonds. The Labute approximate surface area is 172 Å². The van der Waals surface area contributed by atoms with Gasteiger partial charge in [0.05, 0.1) is 0 Å². The van der Waals surface area contributed by atoms with Crippen molar-refractivity contribution >= 4 is 23.4 Å². The van der Waals surface area contributed by atoms with Crippen LogP contribution in [0.3, 0.4) is 0 Å². The molecule has 4 aliphatic rings. The molecule has 0 radical (unpaired) electrons. The van der Waals surface area contributed by atoms with Gasteiger partial charge in [-0.1, -0.05) is 31.7 Å². The minimum Gasteiger partial charge on any atom is -0.335 e. The second kappa shape index (κ2) is 7.54. The van der Waals surface area contributed by atoms with Crippen LogP contribution in [0.15, 0.2) is 18.2 Å². The molecule has 5 rings (SSSR count). The number of carbonyl (C=O) groups is 2. The summed E-state index contributed by atoms with van der Waals surface area (Å²) in [6.45, 7) is 1.96. The fraction of sp³-hybridized carbons (Fsp3) is 0.652. The Balaban J connectivity index is 1.14. The van der Waals surface area contributed by atoms with Crippen molar-refractivity contribution in [2.24, 2.45) is 23.7 Å². The fourth-order valence-electron chi connectivity index (χ4n) is 5.88. The number of aryl methyl sites for hydroxylation is 1. The molecule has 0 aliphatic heterocycles. The van der Waals surface area contributed by atoms with E-state index in [1.807, 2.05) is 25.1 Å². The number of urea groups is 2. The average molecular weight is 397 g/mol. The van der Waals surface area contributed by atoms with E-state index in [4.69, 9.17) is 0 Å². The number of hydrogen-bond donors (Lipinski definition) is 4. The lowest BCUT2D eigenvalue weighted by atomic mass is 10.0. The molecule has 1 unspecified atom stereocenters. The van der Waals surface area contributed by atoms with E-state index < -0.39 is 0 Å². The predicted molar refractivity (Wildman–Crippen MR) is 114 cm³/mol. The van der Waals surface area contributed by atoms with Crippen molar-refractivity contribution in [1.29, 1.82) is 0 Å². The number of benzene rings is 1. The smallest absolute Gasteiger partial charge is 0.319 e. The van der Waals surface area contributed by atoms with Crippen molar-refractivity contribution in [3.8, 4) is 0 Å². The molecule has 1 aromatic rings. The summed E-state index contributed by atoms with van der Waals surface area (Å²) < 4.78 is 0. The number of rotatable bonds is 4. The van der Waals surface area contributed by atoms with E-state index >= 15 is 0 Å². The highest BCUT2D eigenvalue weighted by Gasteiger charge is 2.52. The van der Waals surface area contributed by atoms with Crippen LogP contribution in [0.25, 0.3) is 0 Å². The highest BCUT2D eigenvalue weighted by atomic mass is 16.2. The highest BCUT2D eigenvalue weighted by molar-refractivity contribution is 5.94. The van der Waals surface area contributed by atoms with Crippen molar-refractivity contribution in [2.75, 3.05) is 10.6 Å². The summed E-state index contributed by atoms with van der Waals surface area (Å²) in [6.07, 6.45) is 10.1. The van der Waals surface area contributed by atoms with Crippen molar-refractivity contribution in [3.63, 3.8) is 0 Å². The zero-order valence-electron chi connectivity index (χ0n) is 17.2. The van der Waals surface area contributed by atoms with E-state index in [0.29, 0.717) is 41.4 Å². The third-order valence-electron chi connectivity index (χ3n) is 7.65. The molecule has 4 N–H and O–H groups in total. The Hall–Kier alpha value is -2.24. The second-order valence-corrected chi connectivity index (χ2v) is 9.50. The van der Waals surface area contributed by atoms with Crippen molar-refractivity contribution in [3.05, 3.63) is 23.8 Å². The topological polar surface area (TPSA) is 82.3 Å². The molecule has 4 saturated carbocycles. The third-order valence-corrected chi connectivity index (χ3v) is 7.65. The molecule has 156 valence electrons. The largest absolute Gasteiger partial charge is 0.335 e. The van der Waals surface area contributed by atoms with E-state index in [1.165, 1.54) is 51.4 Å². The van der Waals surface area contributed by atoms with Gasteiger partial charge >= 0.3 is 12.1 Å². The minimum atomic E-state index is -0.147. The van der Waals surface area contributed by atoms with Crippen LogP contribution >= 0.6 is 0 Å². The number of fused-ring (bicyclic) bond motifs is 2. The lowest BCUT2D eigenvalue weighted by molar-refractivity contribution is 0.250. The van der Waals surface area contributed by atoms with E-state index in [-0.39, 0.29) is 12.1 Å². The Morgan fingerprint density at radius 1 is 0.759 bits per heavy atom. The molecule has 0 spiro atoms. The molecule has 0 saturated heterocycles. The minimum absolute atomic E-state index is 0.142. The summed E-state index contributed by atoms with van der Waals surface area (Å²) in [6, 6.07) is 6.04. The number of nitrogens with one attached hydrogen (secondary N) is 4. The van der Waals surface area contributed by atoms with Gasteiger partial charge in [-0.25, -0.2) is 9.59 Å². The van der Waals surface area contributed by atoms with Crippen molar-refractivity contribution in [1.82, 2.24) is 10.6 Å². The standard InChI is InChI=1S/C23H32N4O2/c1-13-10-11-14(24-22(28)26-20-15-6-2-3-7-16(15)20)12-19(13)25-23(29)27-21-17-8-4-5-9-18(17)21/h10-12,15-18,20-21H,2-9H2,1H3,(H2,24,26,28)(H2,25,27,29)/t15-,16+,17-,18-,20?/m1/s1. The molecule has 29 heavy (non-hydrogen) atoms. The highest BCUT2D eigenvalue weighted by Crippen LogP contribution is 2.50. The average Bonchev–Trinajstić information content (AvgIpc) is 3.60. The number of hydrogen-bond acceptors (Lipinski definition) is 2. The molecule has 4 fully saturated rings. The molecule has 5 atom stereocenters. The first-order chi connectivity index (χ1) is 14.1. The van der Waals surface area contributed by atoms with E-state index in [1.54, 1.807) is 0 Å². The summed E-state index contributed by atoms with van der Waals surface area (Å²) in [5, 5.41) is 12.2. The van der Waals surface area contributed by atoms with E-state index in [9.17, 15) is 9.59 Å². The van der Waals surface area contributed by atoms with E-state index in [2.05, 4.69) is 21.3 Å². The monoisotopic (exact) mass is 396 g/mol. The van der Waals surface area contributed by atoms with Crippen LogP contribution in [-0.2, 0) is 0 Å². The second-order valence-electron chi connectivity index (χ2n) is 9.50. The summed E-state index contributed by atoms with van der Waals surface area (Å²) in [5.74, 6) is 2.72. The molecule has 1 aromatic carbocycles. The van der Waals surface area contributed by atoms with Gasteiger partial charge in [-0.05, 0) is 74.0 Å². The Morgan fingerprint density at radius 3 is 1.76 bits per heavy atom. The Kier molecular flexibility index (Phi) is 4.88. The number of carbonyl (C=O) groups excluding carboxylic acids is 2. The molecule has 6 nitrogen and oxygen atoms in total. The van der Waals surface area contributed by atoms with Crippen LogP contribution < -0.4 is 21.3 Å². The third kappa shape index (κ3) is 3.94. The SMILES string of the molecule is Cc1ccc(NC(=O)NC2[C@H]3CCCC[C@@H]23)cc1NC(=O)NC1[C@@H]2CCCC[C@@H]12. The zero-order chi connectivity index (χ0) is 20.0. The number of amides is 4. The molecule has 0 bridgehead atoms. The van der Waals surface area contributed by atoms with Gasteiger partial charge in [-0.15, -0.1) is 0 Å². The maximum atomic E-state index is 12.5. The maximum absolute atomic E-state index is 12.5. The summed E-state index contributed by atoms with van der Waals surface area (Å²) in [5.41, 5.74) is 2.42. The molecular weight excluding hydrogens is 364 g/mol. The van der Waals surface area contributed by atoms with Crippen molar-refractivity contribution < 1.29 is 9.59 Å². The van der Waals surface area contributed by atoms with Crippen LogP contribution in [0.2, 0.25) is 0 Å². The lowest BCUT2D eigenvalue weighted by Gasteiger charge is -2.13. The normalized spacial score (nSPS) is 34.2. The van der Waals surface area contributed by atoms with E-state index in [0.717, 1.165) is 11.3 Å². The Bertz CT molecular complexity index is 786. The fourth-order valence-corrected chi connectivity index (χ4v) is 5.88. The molecule has 4 aliphatic carbocycles. The predicted octanol–water partition coefficient (Wildman–Crippen LogP) is 4.62. The van der Waals surface area contributed by atoms with Gasteiger partial charge in [0.15, 0.2) is 0 Å². The van der Waals surface area contributed by atoms with Crippen LogP contribution in [-0.4, -0.2) is 24.1 Å². The molecule has 0 heterocycles. The molecular formula is C23H32N4O2. The Morgan fingerprint density at radius 2 is 1.24 bits per heavy atom. The van der Waals surface area contributed by atoms with Crippen LogP contribution in [0.5, 0.6) is 0 Å². The first kappa shape index (κ1) is 18.8. The van der Waals surface area contributed by atoms with Gasteiger partial charge in [-0.2, -0.15) is 0 Å². The first-order valence-corrected chi connectivity index (χ1v) is 11.4.